The molecule has 0 amide bonds. The minimum Gasteiger partial charge on any atom is -0.160 e. The van der Waals surface area contributed by atoms with Crippen molar-refractivity contribution in [2.75, 3.05) is 0 Å². The van der Waals surface area contributed by atoms with Crippen molar-refractivity contribution in [3.8, 4) is 0 Å². The van der Waals surface area contributed by atoms with Crippen molar-refractivity contribution in [2.24, 2.45) is 0 Å². The molecule has 4 heteroatoms. The van der Waals surface area contributed by atoms with Crippen molar-refractivity contribution < 1.29 is 13.2 Å². The normalized spacial score (nSPS) is 10.7. The smallest absolute Gasteiger partial charge is 0.160 e. The maximum Gasteiger partial charge on any atom is 0.448 e. The molecule has 0 bridgehead atoms. The Balaban J connectivity index is 0.000000195. The Kier molecular flexibility index (Phi) is 4.15. The third kappa shape index (κ3) is 5.42. The molecule has 0 saturated heterocycles. The number of rotatable bonds is 0. The molecular formula is C11H8BrF3. The van der Waals surface area contributed by atoms with Crippen LogP contribution in [0.5, 0.6) is 0 Å². The Labute approximate surface area is 93.8 Å². The summed E-state index contributed by atoms with van der Waals surface area (Å²) in [7, 11) is 0. The van der Waals surface area contributed by atoms with Crippen molar-refractivity contribution in [1.29, 1.82) is 0 Å². The largest absolute Gasteiger partial charge is 0.448 e. The van der Waals surface area contributed by atoms with Crippen LogP contribution in [0.3, 0.4) is 0 Å². The van der Waals surface area contributed by atoms with Gasteiger partial charge in [-0.3, -0.25) is 0 Å². The Morgan fingerprint density at radius 2 is 0.933 bits per heavy atom. The third-order valence-corrected chi connectivity index (χ3v) is 1.66. The lowest BCUT2D eigenvalue weighted by Gasteiger charge is -1.92. The van der Waals surface area contributed by atoms with Crippen molar-refractivity contribution in [3.05, 3.63) is 48.5 Å². The van der Waals surface area contributed by atoms with Crippen LogP contribution in [-0.2, 0) is 0 Å². The lowest BCUT2D eigenvalue weighted by molar-refractivity contribution is -0.0245. The first-order valence-corrected chi connectivity index (χ1v) is 4.95. The first-order chi connectivity index (χ1) is 6.97. The standard InChI is InChI=1S/C10H8.CBrF3/c1-2-6-10-8-4-3-7-9(10)5-1;2-1(3,4)5/h1-8H;. The molecule has 2 aromatic rings. The lowest BCUT2D eigenvalue weighted by Crippen LogP contribution is -1.88. The summed E-state index contributed by atoms with van der Waals surface area (Å²) in [6, 6.07) is 16.7. The topological polar surface area (TPSA) is 0 Å². The number of hydrogen-bond donors (Lipinski definition) is 0. The van der Waals surface area contributed by atoms with Crippen molar-refractivity contribution in [1.82, 2.24) is 0 Å². The van der Waals surface area contributed by atoms with Gasteiger partial charge in [-0.1, -0.05) is 48.5 Å². The van der Waals surface area contributed by atoms with Crippen molar-refractivity contribution in [3.63, 3.8) is 0 Å². The van der Waals surface area contributed by atoms with Crippen LogP contribution >= 0.6 is 15.9 Å². The molecule has 2 aromatic carbocycles. The zero-order chi connectivity index (χ0) is 11.3. The third-order valence-electron chi connectivity index (χ3n) is 1.66. The van der Waals surface area contributed by atoms with Crippen LogP contribution in [0.1, 0.15) is 0 Å². The summed E-state index contributed by atoms with van der Waals surface area (Å²) in [5, 5.41) is -1.57. The average Bonchev–Trinajstić information content (AvgIpc) is 2.16. The highest BCUT2D eigenvalue weighted by Gasteiger charge is 2.19. The van der Waals surface area contributed by atoms with Crippen LogP contribution in [0.4, 0.5) is 13.2 Å². The van der Waals surface area contributed by atoms with Gasteiger partial charge in [-0.2, -0.15) is 13.2 Å². The molecule has 0 unspecified atom stereocenters. The molecule has 0 heterocycles. The van der Waals surface area contributed by atoms with E-state index in [0.717, 1.165) is 0 Å². The van der Waals surface area contributed by atoms with E-state index in [1.165, 1.54) is 26.7 Å². The second kappa shape index (κ2) is 5.16. The summed E-state index contributed by atoms with van der Waals surface area (Å²) in [6.45, 7) is 0. The highest BCUT2D eigenvalue weighted by atomic mass is 79.9. The van der Waals surface area contributed by atoms with Gasteiger partial charge in [0.2, 0.25) is 0 Å². The fourth-order valence-corrected chi connectivity index (χ4v) is 1.13. The van der Waals surface area contributed by atoms with E-state index >= 15 is 0 Å². The van der Waals surface area contributed by atoms with E-state index in [-0.39, 0.29) is 0 Å². The number of halogens is 4. The maximum atomic E-state index is 10.3. The molecule has 0 aliphatic heterocycles. The van der Waals surface area contributed by atoms with Crippen LogP contribution in [-0.4, -0.2) is 5.09 Å². The van der Waals surface area contributed by atoms with Crippen molar-refractivity contribution in [2.45, 2.75) is 5.09 Å². The summed E-state index contributed by atoms with van der Waals surface area (Å²) in [6.07, 6.45) is 0. The Morgan fingerprint density at radius 1 is 0.733 bits per heavy atom. The molecule has 0 spiro atoms. The summed E-state index contributed by atoms with van der Waals surface area (Å²) >= 11 is 1.38. The second-order valence-electron chi connectivity index (χ2n) is 2.78. The molecular weight excluding hydrogens is 269 g/mol. The molecule has 0 aromatic heterocycles. The van der Waals surface area contributed by atoms with Gasteiger partial charge < -0.3 is 0 Å². The van der Waals surface area contributed by atoms with Gasteiger partial charge in [-0.15, -0.1) is 0 Å². The van der Waals surface area contributed by atoms with E-state index in [9.17, 15) is 13.2 Å². The molecule has 0 aliphatic carbocycles. The first kappa shape index (κ1) is 12.0. The van der Waals surface area contributed by atoms with Gasteiger partial charge in [0.05, 0.1) is 0 Å². The summed E-state index contributed by atoms with van der Waals surface area (Å²) in [5.74, 6) is 0. The Morgan fingerprint density at radius 3 is 1.13 bits per heavy atom. The summed E-state index contributed by atoms with van der Waals surface area (Å²) < 4.78 is 30.8. The molecule has 0 nitrogen and oxygen atoms in total. The van der Waals surface area contributed by atoms with Gasteiger partial charge in [-0.25, -0.2) is 0 Å². The fraction of sp³-hybridized carbons (Fsp3) is 0.0909. The Hall–Kier alpha value is -1.03. The van der Waals surface area contributed by atoms with Gasteiger partial charge in [-0.05, 0) is 10.8 Å². The van der Waals surface area contributed by atoms with E-state index in [0.29, 0.717) is 0 Å². The molecule has 0 atom stereocenters. The highest BCUT2D eigenvalue weighted by molar-refractivity contribution is 9.09. The van der Waals surface area contributed by atoms with E-state index < -0.39 is 5.09 Å². The number of alkyl halides is 4. The monoisotopic (exact) mass is 276 g/mol. The first-order valence-electron chi connectivity index (χ1n) is 4.16. The molecule has 0 fully saturated rings. The van der Waals surface area contributed by atoms with Crippen LogP contribution < -0.4 is 0 Å². The van der Waals surface area contributed by atoms with E-state index in [1.807, 2.05) is 0 Å². The number of benzene rings is 2. The second-order valence-corrected chi connectivity index (χ2v) is 3.67. The van der Waals surface area contributed by atoms with Gasteiger partial charge in [0.1, 0.15) is 0 Å². The van der Waals surface area contributed by atoms with Gasteiger partial charge in [0.25, 0.3) is 0 Å². The maximum absolute atomic E-state index is 10.3. The predicted molar refractivity (Wildman–Crippen MR) is 58.9 cm³/mol. The van der Waals surface area contributed by atoms with E-state index in [2.05, 4.69) is 48.5 Å². The molecule has 0 radical (unpaired) electrons. The minimum atomic E-state index is -4.19. The summed E-state index contributed by atoms with van der Waals surface area (Å²) in [4.78, 5) is 0. The molecule has 0 N–H and O–H groups in total. The van der Waals surface area contributed by atoms with Crippen molar-refractivity contribution >= 4 is 26.7 Å². The molecule has 2 rings (SSSR count). The fourth-order valence-electron chi connectivity index (χ4n) is 1.13. The predicted octanol–water partition coefficient (Wildman–Crippen LogP) is 4.74. The lowest BCUT2D eigenvalue weighted by atomic mass is 10.1. The summed E-state index contributed by atoms with van der Waals surface area (Å²) in [5.41, 5.74) is 0. The van der Waals surface area contributed by atoms with Gasteiger partial charge in [0, 0.05) is 15.9 Å². The van der Waals surface area contributed by atoms with Gasteiger partial charge in [0.15, 0.2) is 0 Å². The SMILES string of the molecule is FC(F)(F)Br.c1ccc2ccccc2c1. The van der Waals surface area contributed by atoms with Gasteiger partial charge >= 0.3 is 5.09 Å². The molecule has 15 heavy (non-hydrogen) atoms. The van der Waals surface area contributed by atoms with Crippen LogP contribution in [0, 0.1) is 0 Å². The Bertz CT molecular complexity index is 352. The zero-order valence-electron chi connectivity index (χ0n) is 7.63. The number of hydrogen-bond acceptors (Lipinski definition) is 0. The van der Waals surface area contributed by atoms with Crippen LogP contribution in [0.15, 0.2) is 48.5 Å². The molecule has 80 valence electrons. The van der Waals surface area contributed by atoms with E-state index in [1.54, 1.807) is 0 Å². The average molecular weight is 277 g/mol. The van der Waals surface area contributed by atoms with Crippen LogP contribution in [0.2, 0.25) is 0 Å². The molecule has 0 aliphatic rings. The zero-order valence-corrected chi connectivity index (χ0v) is 9.22. The number of fused-ring (bicyclic) bond motifs is 1. The quantitative estimate of drug-likeness (QED) is 0.610. The molecule has 0 saturated carbocycles. The highest BCUT2D eigenvalue weighted by Crippen LogP contribution is 2.21. The van der Waals surface area contributed by atoms with Crippen LogP contribution in [0.25, 0.3) is 10.8 Å². The van der Waals surface area contributed by atoms with E-state index in [4.69, 9.17) is 0 Å². The minimum absolute atomic E-state index is 1.31.